The van der Waals surface area contributed by atoms with Crippen LogP contribution in [0.25, 0.3) is 0 Å². The van der Waals surface area contributed by atoms with Crippen LogP contribution in [-0.2, 0) is 6.42 Å². The predicted octanol–water partition coefficient (Wildman–Crippen LogP) is 1.25. The van der Waals surface area contributed by atoms with Crippen molar-refractivity contribution in [2.24, 2.45) is 5.10 Å². The highest BCUT2D eigenvalue weighted by atomic mass is 32.1. The van der Waals surface area contributed by atoms with Gasteiger partial charge in [0.2, 0.25) is 0 Å². The summed E-state index contributed by atoms with van der Waals surface area (Å²) in [5.74, 6) is 0. The molecule has 0 saturated carbocycles. The molecular weight excluding hydrogens is 304 g/mol. The highest BCUT2D eigenvalue weighted by molar-refractivity contribution is 7.80. The Morgan fingerprint density at radius 1 is 1.24 bits per heavy atom. The number of thiocarbonyl (C=S) groups is 2. The van der Waals surface area contributed by atoms with Gasteiger partial charge in [-0.15, -0.1) is 0 Å². The number of nitrogens with one attached hydrogen (secondary N) is 3. The molecule has 0 atom stereocenters. The number of nitrogens with zero attached hydrogens (tertiary/aromatic N) is 3. The van der Waals surface area contributed by atoms with E-state index in [4.69, 9.17) is 24.4 Å². The van der Waals surface area contributed by atoms with Gasteiger partial charge >= 0.3 is 0 Å². The molecule has 0 aliphatic heterocycles. The van der Waals surface area contributed by atoms with Crippen molar-refractivity contribution >= 4 is 40.4 Å². The van der Waals surface area contributed by atoms with Crippen molar-refractivity contribution in [3.05, 3.63) is 17.0 Å². The van der Waals surface area contributed by atoms with Gasteiger partial charge in [0.15, 0.2) is 10.2 Å². The van der Waals surface area contributed by atoms with Crippen LogP contribution in [0, 0.1) is 13.8 Å². The third-order valence-corrected chi connectivity index (χ3v) is 3.83. The second kappa shape index (κ2) is 8.04. The van der Waals surface area contributed by atoms with E-state index in [1.165, 1.54) is 5.56 Å². The lowest BCUT2D eigenvalue weighted by molar-refractivity contribution is 0.857. The van der Waals surface area contributed by atoms with Crippen LogP contribution in [0.1, 0.15) is 30.3 Å². The standard InChI is InChI=1S/C13H22N6S2/c1-8(16-17-12(20)14-4)6-7-11-9(2)18-19(10(11)3)13(21)15-5/h6-7H2,1-5H3,(H,15,21)(H2,14,17,20)/b16-8+. The second-order valence-electron chi connectivity index (χ2n) is 4.65. The van der Waals surface area contributed by atoms with Gasteiger partial charge < -0.3 is 10.6 Å². The number of hydrogen-bond donors (Lipinski definition) is 3. The maximum atomic E-state index is 5.24. The molecule has 0 aromatic carbocycles. The summed E-state index contributed by atoms with van der Waals surface area (Å²) in [5, 5.41) is 15.6. The largest absolute Gasteiger partial charge is 0.364 e. The summed E-state index contributed by atoms with van der Waals surface area (Å²) in [6.45, 7) is 6.00. The summed E-state index contributed by atoms with van der Waals surface area (Å²) < 4.78 is 1.76. The van der Waals surface area contributed by atoms with E-state index in [1.807, 2.05) is 20.8 Å². The molecule has 0 fully saturated rings. The molecular formula is C13H22N6S2. The van der Waals surface area contributed by atoms with Gasteiger partial charge in [-0.3, -0.25) is 5.43 Å². The SMILES string of the molecule is CNC(=S)N/N=C(\C)CCc1c(C)nn(C(=S)NC)c1C. The topological polar surface area (TPSA) is 66.3 Å². The fraction of sp³-hybridized carbons (Fsp3) is 0.538. The van der Waals surface area contributed by atoms with Crippen LogP contribution in [0.5, 0.6) is 0 Å². The highest BCUT2D eigenvalue weighted by Gasteiger charge is 2.13. The average molecular weight is 326 g/mol. The van der Waals surface area contributed by atoms with E-state index < -0.39 is 0 Å². The van der Waals surface area contributed by atoms with Gasteiger partial charge in [-0.2, -0.15) is 10.2 Å². The molecule has 0 spiro atoms. The van der Waals surface area contributed by atoms with Gasteiger partial charge in [-0.05, 0) is 63.6 Å². The van der Waals surface area contributed by atoms with Crippen molar-refractivity contribution in [1.29, 1.82) is 0 Å². The van der Waals surface area contributed by atoms with Gasteiger partial charge in [0.25, 0.3) is 0 Å². The molecule has 0 bridgehead atoms. The van der Waals surface area contributed by atoms with Gasteiger partial charge in [0, 0.05) is 25.5 Å². The van der Waals surface area contributed by atoms with E-state index in [-0.39, 0.29) is 0 Å². The summed E-state index contributed by atoms with van der Waals surface area (Å²) in [6.07, 6.45) is 1.70. The van der Waals surface area contributed by atoms with Gasteiger partial charge in [0.1, 0.15) is 0 Å². The lowest BCUT2D eigenvalue weighted by atomic mass is 10.1. The summed E-state index contributed by atoms with van der Waals surface area (Å²) in [5.41, 5.74) is 7.04. The summed E-state index contributed by atoms with van der Waals surface area (Å²) in [4.78, 5) is 0. The Kier molecular flexibility index (Phi) is 6.70. The maximum Gasteiger partial charge on any atom is 0.193 e. The summed E-state index contributed by atoms with van der Waals surface area (Å²) >= 11 is 10.2. The summed E-state index contributed by atoms with van der Waals surface area (Å²) in [6, 6.07) is 0. The third-order valence-electron chi connectivity index (χ3n) is 3.16. The molecule has 1 heterocycles. The predicted molar refractivity (Wildman–Crippen MR) is 95.0 cm³/mol. The molecule has 3 N–H and O–H groups in total. The first-order valence-electron chi connectivity index (χ1n) is 6.68. The molecule has 116 valence electrons. The Hall–Kier alpha value is -1.54. The number of aromatic nitrogens is 2. The van der Waals surface area contributed by atoms with Crippen LogP contribution in [0.4, 0.5) is 0 Å². The normalized spacial score (nSPS) is 11.2. The fourth-order valence-corrected chi connectivity index (χ4v) is 2.13. The van der Waals surface area contributed by atoms with Gasteiger partial charge in [-0.1, -0.05) is 0 Å². The number of hydrogen-bond acceptors (Lipinski definition) is 4. The Morgan fingerprint density at radius 2 is 1.90 bits per heavy atom. The second-order valence-corrected chi connectivity index (χ2v) is 5.45. The van der Waals surface area contributed by atoms with Gasteiger partial charge in [-0.25, -0.2) is 4.68 Å². The van der Waals surface area contributed by atoms with E-state index in [2.05, 4.69) is 26.3 Å². The third kappa shape index (κ3) is 4.75. The van der Waals surface area contributed by atoms with E-state index >= 15 is 0 Å². The van der Waals surface area contributed by atoms with Crippen molar-refractivity contribution < 1.29 is 0 Å². The minimum atomic E-state index is 0.508. The van der Waals surface area contributed by atoms with Crippen molar-refractivity contribution in [3.63, 3.8) is 0 Å². The number of rotatable bonds is 4. The first kappa shape index (κ1) is 17.5. The van der Waals surface area contributed by atoms with E-state index in [0.29, 0.717) is 10.2 Å². The van der Waals surface area contributed by atoms with Gasteiger partial charge in [0.05, 0.1) is 5.69 Å². The molecule has 0 aliphatic carbocycles. The van der Waals surface area contributed by atoms with Crippen LogP contribution in [0.2, 0.25) is 0 Å². The van der Waals surface area contributed by atoms with Crippen molar-refractivity contribution in [1.82, 2.24) is 25.8 Å². The molecule has 0 aliphatic rings. The molecule has 0 amide bonds. The molecule has 21 heavy (non-hydrogen) atoms. The molecule has 1 aromatic rings. The number of hydrazone groups is 1. The first-order chi connectivity index (χ1) is 9.90. The highest BCUT2D eigenvalue weighted by Crippen LogP contribution is 2.15. The molecule has 0 unspecified atom stereocenters. The molecule has 1 aromatic heterocycles. The quantitative estimate of drug-likeness (QED) is 0.440. The van der Waals surface area contributed by atoms with Crippen LogP contribution in [0.15, 0.2) is 5.10 Å². The van der Waals surface area contributed by atoms with Crippen molar-refractivity contribution in [2.75, 3.05) is 14.1 Å². The summed E-state index contributed by atoms with van der Waals surface area (Å²) in [7, 11) is 3.55. The van der Waals surface area contributed by atoms with Crippen LogP contribution in [0.3, 0.4) is 0 Å². The smallest absolute Gasteiger partial charge is 0.193 e. The Labute approximate surface area is 136 Å². The Balaban J connectivity index is 2.74. The van der Waals surface area contributed by atoms with Crippen LogP contribution in [-0.4, -0.2) is 39.8 Å². The molecule has 1 rings (SSSR count). The molecule has 0 saturated heterocycles. The number of aryl methyl sites for hydroxylation is 1. The zero-order valence-corrected chi connectivity index (χ0v) is 14.7. The van der Waals surface area contributed by atoms with E-state index in [0.717, 1.165) is 29.9 Å². The molecule has 6 nitrogen and oxygen atoms in total. The first-order valence-corrected chi connectivity index (χ1v) is 7.50. The zero-order chi connectivity index (χ0) is 16.0. The lowest BCUT2D eigenvalue weighted by Crippen LogP contribution is -2.29. The maximum absolute atomic E-state index is 5.24. The van der Waals surface area contributed by atoms with E-state index in [9.17, 15) is 0 Å². The fourth-order valence-electron chi connectivity index (χ4n) is 1.90. The Morgan fingerprint density at radius 3 is 2.48 bits per heavy atom. The zero-order valence-electron chi connectivity index (χ0n) is 13.1. The van der Waals surface area contributed by atoms with Crippen molar-refractivity contribution in [2.45, 2.75) is 33.6 Å². The van der Waals surface area contributed by atoms with Crippen LogP contribution < -0.4 is 16.1 Å². The molecule has 8 heteroatoms. The van der Waals surface area contributed by atoms with Crippen LogP contribution >= 0.6 is 24.4 Å². The average Bonchev–Trinajstić information content (AvgIpc) is 2.76. The minimum Gasteiger partial charge on any atom is -0.364 e. The van der Waals surface area contributed by atoms with Crippen molar-refractivity contribution in [3.8, 4) is 0 Å². The lowest BCUT2D eigenvalue weighted by Gasteiger charge is -2.06. The minimum absolute atomic E-state index is 0.508. The molecule has 0 radical (unpaired) electrons. The monoisotopic (exact) mass is 326 g/mol. The Bertz CT molecular complexity index is 561. The van der Waals surface area contributed by atoms with E-state index in [1.54, 1.807) is 18.8 Å².